The van der Waals surface area contributed by atoms with E-state index < -0.39 is 0 Å². The van der Waals surface area contributed by atoms with Gasteiger partial charge in [-0.15, -0.1) is 10.2 Å². The van der Waals surface area contributed by atoms with Crippen LogP contribution in [0.15, 0.2) is 18.5 Å². The van der Waals surface area contributed by atoms with Gasteiger partial charge in [-0.25, -0.2) is 9.97 Å². The van der Waals surface area contributed by atoms with Gasteiger partial charge in [0, 0.05) is 57.6 Å². The first-order chi connectivity index (χ1) is 12.2. The second-order valence-corrected chi connectivity index (χ2v) is 7.13. The molecular formula is C17H26N8. The van der Waals surface area contributed by atoms with Crippen molar-refractivity contribution < 1.29 is 0 Å². The van der Waals surface area contributed by atoms with Crippen LogP contribution in [0.3, 0.4) is 0 Å². The first kappa shape index (κ1) is 16.4. The van der Waals surface area contributed by atoms with E-state index in [0.717, 1.165) is 69.6 Å². The Balaban J connectivity index is 1.37. The first-order valence-corrected chi connectivity index (χ1v) is 9.09. The highest BCUT2D eigenvalue weighted by Gasteiger charge is 2.31. The van der Waals surface area contributed by atoms with Crippen molar-refractivity contribution in [1.82, 2.24) is 29.6 Å². The summed E-state index contributed by atoms with van der Waals surface area (Å²) in [6.07, 6.45) is 6.76. The number of hydrogen-bond acceptors (Lipinski definition) is 7. The molecule has 3 heterocycles. The maximum atomic E-state index is 5.91. The van der Waals surface area contributed by atoms with Gasteiger partial charge >= 0.3 is 0 Å². The Labute approximate surface area is 148 Å². The molecule has 2 aromatic rings. The summed E-state index contributed by atoms with van der Waals surface area (Å²) in [6.45, 7) is 4.80. The van der Waals surface area contributed by atoms with E-state index in [0.29, 0.717) is 12.0 Å². The van der Waals surface area contributed by atoms with Gasteiger partial charge in [-0.1, -0.05) is 0 Å². The molecule has 1 aliphatic carbocycles. The van der Waals surface area contributed by atoms with Gasteiger partial charge in [-0.2, -0.15) is 0 Å². The molecule has 1 saturated heterocycles. The number of aromatic nitrogens is 5. The molecular weight excluding hydrogens is 316 g/mol. The first-order valence-electron chi connectivity index (χ1n) is 9.09. The van der Waals surface area contributed by atoms with E-state index in [1.807, 2.05) is 6.07 Å². The predicted octanol–water partition coefficient (Wildman–Crippen LogP) is 0.522. The molecule has 134 valence electrons. The number of nitrogens with two attached hydrogens (primary N) is 1. The minimum absolute atomic E-state index is 0.335. The molecule has 2 fully saturated rings. The summed E-state index contributed by atoms with van der Waals surface area (Å²) in [5.41, 5.74) is 5.91. The van der Waals surface area contributed by atoms with Crippen LogP contribution >= 0.6 is 0 Å². The SMILES string of the molecule is Cn1c(CN2CCCN(c3ncccn3)CC2)nnc1C1CC(N)C1. The van der Waals surface area contributed by atoms with Crippen LogP contribution in [0.1, 0.15) is 36.8 Å². The molecule has 0 bridgehead atoms. The maximum absolute atomic E-state index is 5.91. The van der Waals surface area contributed by atoms with Crippen molar-refractivity contribution in [2.45, 2.75) is 37.8 Å². The molecule has 0 spiro atoms. The fraction of sp³-hybridized carbons (Fsp3) is 0.647. The van der Waals surface area contributed by atoms with Gasteiger partial charge in [-0.3, -0.25) is 4.90 Å². The normalized spacial score (nSPS) is 24.8. The summed E-state index contributed by atoms with van der Waals surface area (Å²) < 4.78 is 2.17. The average molecular weight is 342 g/mol. The fourth-order valence-electron chi connectivity index (χ4n) is 3.72. The maximum Gasteiger partial charge on any atom is 0.225 e. The van der Waals surface area contributed by atoms with E-state index >= 15 is 0 Å². The zero-order valence-electron chi connectivity index (χ0n) is 14.8. The van der Waals surface area contributed by atoms with Crippen LogP contribution in [-0.2, 0) is 13.6 Å². The molecule has 2 aromatic heterocycles. The minimum Gasteiger partial charge on any atom is -0.339 e. The number of anilines is 1. The van der Waals surface area contributed by atoms with Crippen molar-refractivity contribution >= 4 is 5.95 Å². The van der Waals surface area contributed by atoms with Crippen molar-refractivity contribution in [2.24, 2.45) is 12.8 Å². The lowest BCUT2D eigenvalue weighted by atomic mass is 9.80. The third kappa shape index (κ3) is 3.50. The lowest BCUT2D eigenvalue weighted by molar-refractivity contribution is 0.273. The van der Waals surface area contributed by atoms with Gasteiger partial charge in [0.2, 0.25) is 5.95 Å². The predicted molar refractivity (Wildman–Crippen MR) is 95.1 cm³/mol. The summed E-state index contributed by atoms with van der Waals surface area (Å²) in [4.78, 5) is 13.5. The Kier molecular flexibility index (Phi) is 4.63. The smallest absolute Gasteiger partial charge is 0.225 e. The van der Waals surface area contributed by atoms with Gasteiger partial charge in [0.25, 0.3) is 0 Å². The molecule has 4 rings (SSSR count). The summed E-state index contributed by atoms with van der Waals surface area (Å²) in [6, 6.07) is 2.19. The van der Waals surface area contributed by atoms with E-state index in [1.54, 1.807) is 12.4 Å². The molecule has 8 heteroatoms. The number of nitrogens with zero attached hydrogens (tertiary/aromatic N) is 7. The third-order valence-electron chi connectivity index (χ3n) is 5.33. The molecule has 1 saturated carbocycles. The van der Waals surface area contributed by atoms with E-state index in [2.05, 4.69) is 41.6 Å². The molecule has 8 nitrogen and oxygen atoms in total. The van der Waals surface area contributed by atoms with Crippen molar-refractivity contribution in [2.75, 3.05) is 31.1 Å². The van der Waals surface area contributed by atoms with Crippen LogP contribution in [0.2, 0.25) is 0 Å². The van der Waals surface area contributed by atoms with Crippen molar-refractivity contribution in [3.05, 3.63) is 30.1 Å². The molecule has 0 amide bonds. The lowest BCUT2D eigenvalue weighted by Crippen LogP contribution is -2.36. The third-order valence-corrected chi connectivity index (χ3v) is 5.33. The topological polar surface area (TPSA) is 89.0 Å². The van der Waals surface area contributed by atoms with E-state index in [9.17, 15) is 0 Å². The molecule has 1 aliphatic heterocycles. The van der Waals surface area contributed by atoms with Crippen LogP contribution in [-0.4, -0.2) is 61.9 Å². The summed E-state index contributed by atoms with van der Waals surface area (Å²) in [5.74, 6) is 3.44. The Morgan fingerprint density at radius 3 is 2.64 bits per heavy atom. The van der Waals surface area contributed by atoms with Crippen LogP contribution in [0.4, 0.5) is 5.95 Å². The van der Waals surface area contributed by atoms with Gasteiger partial charge in [0.05, 0.1) is 6.54 Å². The van der Waals surface area contributed by atoms with Crippen LogP contribution in [0, 0.1) is 0 Å². The molecule has 0 radical (unpaired) electrons. The fourth-order valence-corrected chi connectivity index (χ4v) is 3.72. The highest BCUT2D eigenvalue weighted by Crippen LogP contribution is 2.34. The van der Waals surface area contributed by atoms with Gasteiger partial charge < -0.3 is 15.2 Å². The summed E-state index contributed by atoms with van der Waals surface area (Å²) >= 11 is 0. The largest absolute Gasteiger partial charge is 0.339 e. The Bertz CT molecular complexity index is 694. The quantitative estimate of drug-likeness (QED) is 0.866. The highest BCUT2D eigenvalue weighted by molar-refractivity contribution is 5.28. The molecule has 0 aromatic carbocycles. The number of rotatable bonds is 4. The van der Waals surface area contributed by atoms with Gasteiger partial charge in [-0.05, 0) is 25.3 Å². The van der Waals surface area contributed by atoms with Crippen LogP contribution in [0.5, 0.6) is 0 Å². The molecule has 2 aliphatic rings. The highest BCUT2D eigenvalue weighted by atomic mass is 15.3. The molecule has 0 unspecified atom stereocenters. The van der Waals surface area contributed by atoms with Crippen molar-refractivity contribution in [3.8, 4) is 0 Å². The summed E-state index contributed by atoms with van der Waals surface area (Å²) in [7, 11) is 2.08. The second kappa shape index (κ2) is 7.05. The van der Waals surface area contributed by atoms with Crippen molar-refractivity contribution in [1.29, 1.82) is 0 Å². The number of hydrogen-bond donors (Lipinski definition) is 1. The Morgan fingerprint density at radius 2 is 1.88 bits per heavy atom. The van der Waals surface area contributed by atoms with Gasteiger partial charge in [0.1, 0.15) is 11.6 Å². The second-order valence-electron chi connectivity index (χ2n) is 7.13. The summed E-state index contributed by atoms with van der Waals surface area (Å²) in [5, 5.41) is 8.86. The molecule has 2 N–H and O–H groups in total. The van der Waals surface area contributed by atoms with E-state index in [1.165, 1.54) is 0 Å². The average Bonchev–Trinajstić information content (AvgIpc) is 2.81. The zero-order chi connectivity index (χ0) is 17.2. The van der Waals surface area contributed by atoms with Crippen LogP contribution < -0.4 is 10.6 Å². The monoisotopic (exact) mass is 342 g/mol. The van der Waals surface area contributed by atoms with Gasteiger partial charge in [0.15, 0.2) is 0 Å². The minimum atomic E-state index is 0.335. The standard InChI is InChI=1S/C17H26N8/c1-23-15(21-22-16(23)13-10-14(18)11-13)12-24-6-3-7-25(9-8-24)17-19-4-2-5-20-17/h2,4-5,13-14H,3,6-12,18H2,1H3. The lowest BCUT2D eigenvalue weighted by Gasteiger charge is -2.31. The van der Waals surface area contributed by atoms with Crippen molar-refractivity contribution in [3.63, 3.8) is 0 Å². The Hall–Kier alpha value is -2.06. The van der Waals surface area contributed by atoms with Crippen LogP contribution in [0.25, 0.3) is 0 Å². The molecule has 25 heavy (non-hydrogen) atoms. The van der Waals surface area contributed by atoms with E-state index in [4.69, 9.17) is 5.73 Å². The van der Waals surface area contributed by atoms with E-state index in [-0.39, 0.29) is 0 Å². The zero-order valence-corrected chi connectivity index (χ0v) is 14.8. The molecule has 0 atom stereocenters. The Morgan fingerprint density at radius 1 is 1.08 bits per heavy atom.